The fourth-order valence-electron chi connectivity index (χ4n) is 1.71. The van der Waals surface area contributed by atoms with Gasteiger partial charge >= 0.3 is 5.97 Å². The highest BCUT2D eigenvalue weighted by molar-refractivity contribution is 5.95. The number of ether oxygens (including phenoxy) is 3. The third kappa shape index (κ3) is 4.98. The predicted molar refractivity (Wildman–Crippen MR) is 87.5 cm³/mol. The average Bonchev–Trinajstić information content (AvgIpc) is 2.36. The van der Waals surface area contributed by atoms with Gasteiger partial charge in [0.2, 0.25) is 0 Å². The SMILES string of the molecule is C=CCOc1c(C(=O)OC(C)(C)C)ccc(N)c1OC(C)C. The highest BCUT2D eigenvalue weighted by Crippen LogP contribution is 2.38. The van der Waals surface area contributed by atoms with E-state index in [1.807, 2.05) is 13.8 Å². The van der Waals surface area contributed by atoms with Crippen LogP contribution in [0.4, 0.5) is 5.69 Å². The molecule has 2 N–H and O–H groups in total. The zero-order valence-corrected chi connectivity index (χ0v) is 13.9. The van der Waals surface area contributed by atoms with Gasteiger partial charge in [0.1, 0.15) is 17.8 Å². The first-order chi connectivity index (χ1) is 10.2. The number of benzene rings is 1. The maximum Gasteiger partial charge on any atom is 0.342 e. The Labute approximate surface area is 132 Å². The van der Waals surface area contributed by atoms with Crippen molar-refractivity contribution in [1.82, 2.24) is 0 Å². The van der Waals surface area contributed by atoms with Gasteiger partial charge in [0.15, 0.2) is 11.5 Å². The predicted octanol–water partition coefficient (Wildman–Crippen LogP) is 3.58. The molecule has 0 spiro atoms. The largest absolute Gasteiger partial charge is 0.485 e. The molecule has 0 saturated carbocycles. The third-order valence-corrected chi connectivity index (χ3v) is 2.46. The van der Waals surface area contributed by atoms with Crippen LogP contribution in [-0.4, -0.2) is 24.3 Å². The molecule has 0 saturated heterocycles. The van der Waals surface area contributed by atoms with E-state index in [0.29, 0.717) is 11.4 Å². The monoisotopic (exact) mass is 307 g/mol. The number of carbonyl (C=O) groups is 1. The number of nitrogens with two attached hydrogens (primary N) is 1. The van der Waals surface area contributed by atoms with E-state index in [2.05, 4.69) is 6.58 Å². The topological polar surface area (TPSA) is 70.8 Å². The van der Waals surface area contributed by atoms with Crippen LogP contribution >= 0.6 is 0 Å². The first kappa shape index (κ1) is 17.9. The zero-order valence-electron chi connectivity index (χ0n) is 13.9. The first-order valence-electron chi connectivity index (χ1n) is 7.22. The Balaban J connectivity index is 3.30. The van der Waals surface area contributed by atoms with Gasteiger partial charge in [0.05, 0.1) is 11.8 Å². The zero-order chi connectivity index (χ0) is 16.9. The number of anilines is 1. The van der Waals surface area contributed by atoms with Crippen molar-refractivity contribution in [3.63, 3.8) is 0 Å². The van der Waals surface area contributed by atoms with E-state index in [1.54, 1.807) is 39.0 Å². The Kier molecular flexibility index (Phi) is 5.85. The van der Waals surface area contributed by atoms with Crippen LogP contribution in [0, 0.1) is 0 Å². The van der Waals surface area contributed by atoms with Gasteiger partial charge in [0, 0.05) is 0 Å². The van der Waals surface area contributed by atoms with Crippen LogP contribution in [-0.2, 0) is 4.74 Å². The maximum atomic E-state index is 12.4. The minimum absolute atomic E-state index is 0.109. The molecule has 0 radical (unpaired) electrons. The number of hydrogen-bond donors (Lipinski definition) is 1. The lowest BCUT2D eigenvalue weighted by Gasteiger charge is -2.22. The second-order valence-electron chi connectivity index (χ2n) is 6.13. The number of esters is 1. The second-order valence-corrected chi connectivity index (χ2v) is 6.13. The van der Waals surface area contributed by atoms with Gasteiger partial charge in [-0.3, -0.25) is 0 Å². The molecule has 1 rings (SSSR count). The standard InChI is InChI=1S/C17H25NO4/c1-7-10-20-14-12(16(19)22-17(4,5)6)8-9-13(18)15(14)21-11(2)3/h7-9,11H,1,10,18H2,2-6H3. The minimum Gasteiger partial charge on any atom is -0.485 e. The van der Waals surface area contributed by atoms with Crippen molar-refractivity contribution in [3.8, 4) is 11.5 Å². The number of carbonyl (C=O) groups excluding carboxylic acids is 1. The van der Waals surface area contributed by atoms with Crippen LogP contribution in [0.1, 0.15) is 45.0 Å². The summed E-state index contributed by atoms with van der Waals surface area (Å²) in [6.07, 6.45) is 1.48. The summed E-state index contributed by atoms with van der Waals surface area (Å²) in [5.41, 5.74) is 6.03. The van der Waals surface area contributed by atoms with Crippen LogP contribution < -0.4 is 15.2 Å². The molecular weight excluding hydrogens is 282 g/mol. The van der Waals surface area contributed by atoms with Crippen molar-refractivity contribution in [2.45, 2.75) is 46.3 Å². The van der Waals surface area contributed by atoms with Crippen LogP contribution in [0.3, 0.4) is 0 Å². The Morgan fingerprint density at radius 1 is 1.32 bits per heavy atom. The Hall–Kier alpha value is -2.17. The summed E-state index contributed by atoms with van der Waals surface area (Å²) >= 11 is 0. The van der Waals surface area contributed by atoms with Crippen molar-refractivity contribution in [2.75, 3.05) is 12.3 Å². The summed E-state index contributed by atoms with van der Waals surface area (Å²) in [5.74, 6) is 0.142. The molecule has 5 heteroatoms. The summed E-state index contributed by atoms with van der Waals surface area (Å²) in [6, 6.07) is 3.19. The summed E-state index contributed by atoms with van der Waals surface area (Å²) in [5, 5.41) is 0. The summed E-state index contributed by atoms with van der Waals surface area (Å²) < 4.78 is 16.7. The normalized spacial score (nSPS) is 11.2. The van der Waals surface area contributed by atoms with Gasteiger partial charge in [-0.2, -0.15) is 0 Å². The molecule has 0 aromatic heterocycles. The van der Waals surface area contributed by atoms with Crippen LogP contribution in [0.2, 0.25) is 0 Å². The average molecular weight is 307 g/mol. The number of rotatable bonds is 6. The van der Waals surface area contributed by atoms with Gasteiger partial charge in [-0.15, -0.1) is 0 Å². The molecular formula is C17H25NO4. The molecule has 0 aliphatic rings. The number of nitrogen functional groups attached to an aromatic ring is 1. The van der Waals surface area contributed by atoms with Gasteiger partial charge in [-0.05, 0) is 46.8 Å². The van der Waals surface area contributed by atoms with E-state index in [1.165, 1.54) is 0 Å². The lowest BCUT2D eigenvalue weighted by atomic mass is 10.1. The molecule has 5 nitrogen and oxygen atoms in total. The van der Waals surface area contributed by atoms with Gasteiger partial charge in [0.25, 0.3) is 0 Å². The molecule has 1 aromatic carbocycles. The summed E-state index contributed by atoms with van der Waals surface area (Å²) in [6.45, 7) is 13.0. The molecule has 122 valence electrons. The fraction of sp³-hybridized carbons (Fsp3) is 0.471. The maximum absolute atomic E-state index is 12.4. The molecule has 0 aliphatic carbocycles. The minimum atomic E-state index is -0.604. The van der Waals surface area contributed by atoms with Crippen molar-refractivity contribution in [3.05, 3.63) is 30.4 Å². The highest BCUT2D eigenvalue weighted by Gasteiger charge is 2.25. The Bertz CT molecular complexity index is 544. The van der Waals surface area contributed by atoms with Gasteiger partial charge in [-0.1, -0.05) is 12.7 Å². The Morgan fingerprint density at radius 3 is 2.45 bits per heavy atom. The van der Waals surface area contributed by atoms with E-state index in [0.717, 1.165) is 0 Å². The quantitative estimate of drug-likeness (QED) is 0.494. The van der Waals surface area contributed by atoms with E-state index in [4.69, 9.17) is 19.9 Å². The lowest BCUT2D eigenvalue weighted by Crippen LogP contribution is -2.24. The van der Waals surface area contributed by atoms with Crippen molar-refractivity contribution >= 4 is 11.7 Å². The smallest absolute Gasteiger partial charge is 0.342 e. The lowest BCUT2D eigenvalue weighted by molar-refractivity contribution is 0.00652. The molecule has 0 atom stereocenters. The van der Waals surface area contributed by atoms with E-state index >= 15 is 0 Å². The van der Waals surface area contributed by atoms with Crippen LogP contribution in [0.5, 0.6) is 11.5 Å². The number of hydrogen-bond acceptors (Lipinski definition) is 5. The third-order valence-electron chi connectivity index (χ3n) is 2.46. The molecule has 22 heavy (non-hydrogen) atoms. The van der Waals surface area contributed by atoms with Crippen molar-refractivity contribution in [1.29, 1.82) is 0 Å². The second kappa shape index (κ2) is 7.20. The van der Waals surface area contributed by atoms with Crippen LogP contribution in [0.25, 0.3) is 0 Å². The molecule has 0 aliphatic heterocycles. The van der Waals surface area contributed by atoms with Crippen LogP contribution in [0.15, 0.2) is 24.8 Å². The molecule has 0 heterocycles. The van der Waals surface area contributed by atoms with E-state index in [-0.39, 0.29) is 24.0 Å². The molecule has 0 amide bonds. The summed E-state index contributed by atoms with van der Waals surface area (Å²) in [4.78, 5) is 12.4. The highest BCUT2D eigenvalue weighted by atomic mass is 16.6. The van der Waals surface area contributed by atoms with Crippen molar-refractivity contribution < 1.29 is 19.0 Å². The molecule has 1 aromatic rings. The van der Waals surface area contributed by atoms with Gasteiger partial charge < -0.3 is 19.9 Å². The Morgan fingerprint density at radius 2 is 1.95 bits per heavy atom. The molecule has 0 bridgehead atoms. The van der Waals surface area contributed by atoms with E-state index in [9.17, 15) is 4.79 Å². The van der Waals surface area contributed by atoms with Gasteiger partial charge in [-0.25, -0.2) is 4.79 Å². The molecule has 0 fully saturated rings. The first-order valence-corrected chi connectivity index (χ1v) is 7.22. The molecule has 0 unspecified atom stereocenters. The fourth-order valence-corrected chi connectivity index (χ4v) is 1.71. The van der Waals surface area contributed by atoms with Crippen molar-refractivity contribution in [2.24, 2.45) is 0 Å². The summed E-state index contributed by atoms with van der Waals surface area (Å²) in [7, 11) is 0. The van der Waals surface area contributed by atoms with E-state index < -0.39 is 11.6 Å².